The minimum absolute atomic E-state index is 0. The zero-order valence-corrected chi connectivity index (χ0v) is 17.0. The van der Waals surface area contributed by atoms with Crippen molar-refractivity contribution in [2.24, 2.45) is 4.99 Å². The normalized spacial score (nSPS) is 14.5. The van der Waals surface area contributed by atoms with Crippen LogP contribution in [0.4, 0.5) is 0 Å². The van der Waals surface area contributed by atoms with Crippen molar-refractivity contribution >= 4 is 41.7 Å². The van der Waals surface area contributed by atoms with E-state index in [9.17, 15) is 0 Å². The smallest absolute Gasteiger partial charge is 0.191 e. The van der Waals surface area contributed by atoms with Crippen LogP contribution >= 0.6 is 35.7 Å². The Balaban J connectivity index is 0.00000242. The summed E-state index contributed by atoms with van der Waals surface area (Å²) < 4.78 is 2.38. The number of aliphatic imine (C=N–C) groups is 1. The lowest BCUT2D eigenvalue weighted by atomic mass is 10.2. The summed E-state index contributed by atoms with van der Waals surface area (Å²) in [4.78, 5) is 4.63. The minimum Gasteiger partial charge on any atom is -0.357 e. The molecule has 0 unspecified atom stereocenters. The van der Waals surface area contributed by atoms with Crippen molar-refractivity contribution in [3.05, 3.63) is 11.6 Å². The predicted molar refractivity (Wildman–Crippen MR) is 104 cm³/mol. The highest BCUT2D eigenvalue weighted by Crippen LogP contribution is 2.19. The second-order valence-electron chi connectivity index (χ2n) is 5.80. The Hall–Kier alpha value is -0.510. The van der Waals surface area contributed by atoms with Gasteiger partial charge in [0.25, 0.3) is 0 Å². The van der Waals surface area contributed by atoms with Gasteiger partial charge in [-0.2, -0.15) is 11.8 Å². The third-order valence-electron chi connectivity index (χ3n) is 3.64. The van der Waals surface area contributed by atoms with Crippen molar-refractivity contribution in [1.82, 2.24) is 25.4 Å². The van der Waals surface area contributed by atoms with Crippen LogP contribution in [0.5, 0.6) is 0 Å². The number of aryl methyl sites for hydroxylation is 1. The van der Waals surface area contributed by atoms with Gasteiger partial charge in [0.05, 0.1) is 0 Å². The van der Waals surface area contributed by atoms with Crippen LogP contribution in [-0.2, 0) is 19.5 Å². The quantitative estimate of drug-likeness (QED) is 0.404. The van der Waals surface area contributed by atoms with Crippen molar-refractivity contribution in [3.63, 3.8) is 0 Å². The van der Waals surface area contributed by atoms with Crippen molar-refractivity contribution in [3.8, 4) is 0 Å². The maximum Gasteiger partial charge on any atom is 0.191 e. The van der Waals surface area contributed by atoms with Crippen LogP contribution in [-0.4, -0.2) is 44.8 Å². The molecule has 1 aliphatic heterocycles. The van der Waals surface area contributed by atoms with Gasteiger partial charge in [0.2, 0.25) is 0 Å². The van der Waals surface area contributed by atoms with E-state index in [-0.39, 0.29) is 28.7 Å². The molecule has 1 aromatic heterocycles. The number of hydrogen-bond donors (Lipinski definition) is 2. The number of thioether (sulfide) groups is 1. The highest BCUT2D eigenvalue weighted by atomic mass is 127. The number of halogens is 1. The van der Waals surface area contributed by atoms with E-state index in [1.54, 1.807) is 0 Å². The summed E-state index contributed by atoms with van der Waals surface area (Å²) in [6, 6.07) is 0. The fraction of sp³-hybridized carbons (Fsp3) is 0.786. The lowest BCUT2D eigenvalue weighted by molar-refractivity contribution is 0.658. The van der Waals surface area contributed by atoms with Gasteiger partial charge in [-0.25, -0.2) is 4.99 Å². The van der Waals surface area contributed by atoms with Crippen molar-refractivity contribution in [2.45, 2.75) is 51.4 Å². The van der Waals surface area contributed by atoms with Crippen molar-refractivity contribution in [1.29, 1.82) is 0 Å². The first-order valence-corrected chi connectivity index (χ1v) is 8.76. The van der Waals surface area contributed by atoms with E-state index in [0.717, 1.165) is 43.7 Å². The summed E-state index contributed by atoms with van der Waals surface area (Å²) in [5.74, 6) is 2.90. The SMILES string of the molecule is CCNC(=NCc1nnc2n1CCC2)NCC(C)(C)SC.I. The molecule has 0 saturated heterocycles. The molecule has 2 rings (SSSR count). The molecule has 0 aliphatic carbocycles. The molecule has 0 saturated carbocycles. The van der Waals surface area contributed by atoms with Gasteiger partial charge in [-0.05, 0) is 33.4 Å². The zero-order valence-electron chi connectivity index (χ0n) is 13.8. The fourth-order valence-electron chi connectivity index (χ4n) is 2.19. The van der Waals surface area contributed by atoms with E-state index in [0.29, 0.717) is 6.54 Å². The lowest BCUT2D eigenvalue weighted by Gasteiger charge is -2.23. The van der Waals surface area contributed by atoms with E-state index < -0.39 is 0 Å². The Kier molecular flexibility index (Phi) is 7.95. The molecule has 2 heterocycles. The van der Waals surface area contributed by atoms with Crippen LogP contribution in [0, 0.1) is 0 Å². The van der Waals surface area contributed by atoms with Gasteiger partial charge in [0.1, 0.15) is 12.4 Å². The molecule has 2 N–H and O–H groups in total. The average molecular weight is 438 g/mol. The Labute approximate surface area is 154 Å². The monoisotopic (exact) mass is 438 g/mol. The van der Waals surface area contributed by atoms with Crippen LogP contribution in [0.1, 0.15) is 38.8 Å². The molecule has 0 radical (unpaired) electrons. The molecule has 126 valence electrons. The summed E-state index contributed by atoms with van der Waals surface area (Å²) in [5.41, 5.74) is 0. The number of fused-ring (bicyclic) bond motifs is 1. The first-order valence-electron chi connectivity index (χ1n) is 7.54. The fourth-order valence-corrected chi connectivity index (χ4v) is 2.40. The van der Waals surface area contributed by atoms with Gasteiger partial charge in [-0.1, -0.05) is 0 Å². The van der Waals surface area contributed by atoms with Crippen LogP contribution in [0.15, 0.2) is 4.99 Å². The highest BCUT2D eigenvalue weighted by molar-refractivity contribution is 14.0. The topological polar surface area (TPSA) is 67.1 Å². The summed E-state index contributed by atoms with van der Waals surface area (Å²) >= 11 is 1.85. The van der Waals surface area contributed by atoms with Gasteiger partial charge >= 0.3 is 0 Å². The number of rotatable bonds is 6. The van der Waals surface area contributed by atoms with Crippen LogP contribution in [0.3, 0.4) is 0 Å². The van der Waals surface area contributed by atoms with Gasteiger partial charge in [-0.15, -0.1) is 34.2 Å². The molecule has 6 nitrogen and oxygen atoms in total. The molecule has 0 amide bonds. The molecule has 8 heteroatoms. The molecule has 0 atom stereocenters. The maximum absolute atomic E-state index is 4.63. The van der Waals surface area contributed by atoms with Crippen LogP contribution in [0.2, 0.25) is 0 Å². The number of hydrogen-bond acceptors (Lipinski definition) is 4. The Morgan fingerprint density at radius 1 is 1.36 bits per heavy atom. The average Bonchev–Trinajstić information content (AvgIpc) is 3.06. The Bertz CT molecular complexity index is 500. The Morgan fingerprint density at radius 3 is 2.82 bits per heavy atom. The van der Waals surface area contributed by atoms with Gasteiger partial charge in [-0.3, -0.25) is 0 Å². The van der Waals surface area contributed by atoms with Gasteiger partial charge in [0, 0.05) is 30.8 Å². The maximum atomic E-state index is 4.63. The molecule has 1 aromatic rings. The summed E-state index contributed by atoms with van der Waals surface area (Å²) in [6.07, 6.45) is 4.34. The van der Waals surface area contributed by atoms with E-state index >= 15 is 0 Å². The van der Waals surface area contributed by atoms with Crippen molar-refractivity contribution in [2.75, 3.05) is 19.3 Å². The zero-order chi connectivity index (χ0) is 15.3. The molecule has 0 spiro atoms. The molecular weight excluding hydrogens is 411 g/mol. The standard InChI is InChI=1S/C14H26N6S.HI/c1-5-15-13(17-10-14(2,3)21-4)16-9-12-19-18-11-7-6-8-20(11)12;/h5-10H2,1-4H3,(H2,15,16,17);1H. The van der Waals surface area contributed by atoms with E-state index in [1.165, 1.54) is 6.42 Å². The molecule has 1 aliphatic rings. The molecule has 0 bridgehead atoms. The van der Waals surface area contributed by atoms with Gasteiger partial charge < -0.3 is 15.2 Å². The first-order chi connectivity index (χ1) is 10.1. The van der Waals surface area contributed by atoms with Crippen LogP contribution < -0.4 is 10.6 Å². The van der Waals surface area contributed by atoms with E-state index in [4.69, 9.17) is 0 Å². The van der Waals surface area contributed by atoms with E-state index in [2.05, 4.69) is 57.4 Å². The molecule has 0 fully saturated rings. The number of nitrogens with one attached hydrogen (secondary N) is 2. The second-order valence-corrected chi connectivity index (χ2v) is 7.31. The third kappa shape index (κ3) is 5.29. The lowest BCUT2D eigenvalue weighted by Crippen LogP contribution is -2.43. The largest absolute Gasteiger partial charge is 0.357 e. The molecule has 0 aromatic carbocycles. The Morgan fingerprint density at radius 2 is 2.14 bits per heavy atom. The summed E-state index contributed by atoms with van der Waals surface area (Å²) in [5, 5.41) is 15.1. The molecular formula is C14H27IN6S. The van der Waals surface area contributed by atoms with Crippen LogP contribution in [0.25, 0.3) is 0 Å². The predicted octanol–water partition coefficient (Wildman–Crippen LogP) is 2.04. The highest BCUT2D eigenvalue weighted by Gasteiger charge is 2.18. The molecule has 22 heavy (non-hydrogen) atoms. The second kappa shape index (κ2) is 8.95. The third-order valence-corrected chi connectivity index (χ3v) is 4.89. The number of nitrogens with zero attached hydrogens (tertiary/aromatic N) is 4. The number of aromatic nitrogens is 3. The van der Waals surface area contributed by atoms with Crippen molar-refractivity contribution < 1.29 is 0 Å². The minimum atomic E-state index is 0. The first kappa shape index (κ1) is 19.5. The van der Waals surface area contributed by atoms with E-state index in [1.807, 2.05) is 11.8 Å². The van der Waals surface area contributed by atoms with Gasteiger partial charge in [0.15, 0.2) is 11.8 Å². The summed E-state index contributed by atoms with van der Waals surface area (Å²) in [7, 11) is 0. The number of guanidine groups is 1. The summed E-state index contributed by atoms with van der Waals surface area (Å²) in [6.45, 7) is 9.84.